The van der Waals surface area contributed by atoms with Gasteiger partial charge in [-0.05, 0) is 6.92 Å². The molecule has 4 nitrogen and oxygen atoms in total. The number of rotatable bonds is 0. The van der Waals surface area contributed by atoms with E-state index in [-0.39, 0.29) is 27.7 Å². The van der Waals surface area contributed by atoms with Crippen molar-refractivity contribution in [3.8, 4) is 0 Å². The first-order valence-corrected chi connectivity index (χ1v) is 1.84. The first-order valence-electron chi connectivity index (χ1n) is 1.84. The number of carboxylic acid groups (broad SMARTS) is 2. The summed E-state index contributed by atoms with van der Waals surface area (Å²) in [5.74, 6) is -1.92. The fourth-order valence-electron chi connectivity index (χ4n) is 0. The molecule has 0 fully saturated rings. The van der Waals surface area contributed by atoms with E-state index in [1.165, 1.54) is 0 Å². The van der Waals surface area contributed by atoms with Crippen molar-refractivity contribution >= 4 is 11.9 Å². The van der Waals surface area contributed by atoms with Gasteiger partial charge in [-0.15, -0.1) is 0 Å². The summed E-state index contributed by atoms with van der Waals surface area (Å²) in [4.78, 5) is 17.9. The Balaban J connectivity index is -0.0000000720. The smallest absolute Gasteiger partial charge is 0.550 e. The van der Waals surface area contributed by atoms with Crippen LogP contribution in [0, 0.1) is 0 Å². The van der Waals surface area contributed by atoms with Crippen LogP contribution in [0.5, 0.6) is 0 Å². The second-order valence-electron chi connectivity index (χ2n) is 1.01. The maximum Gasteiger partial charge on any atom is 1.00 e. The van der Waals surface area contributed by atoms with Gasteiger partial charge >= 0.3 is 27.7 Å². The van der Waals surface area contributed by atoms with Crippen molar-refractivity contribution in [3.05, 3.63) is 0 Å². The van der Waals surface area contributed by atoms with Gasteiger partial charge in [0.2, 0.25) is 0 Å². The number of carboxylic acids is 2. The Kier molecular flexibility index (Phi) is 19.1. The summed E-state index contributed by atoms with van der Waals surface area (Å²) < 4.78 is 0. The van der Waals surface area contributed by atoms with E-state index in [2.05, 4.69) is 0 Å². The third-order valence-electron chi connectivity index (χ3n) is 0. The summed E-state index contributed by atoms with van der Waals surface area (Å²) >= 11 is 0. The predicted molar refractivity (Wildman–Crippen MR) is 24.0 cm³/mol. The van der Waals surface area contributed by atoms with Crippen molar-refractivity contribution in [2.75, 3.05) is 0 Å². The fourth-order valence-corrected chi connectivity index (χ4v) is 0. The third-order valence-corrected chi connectivity index (χ3v) is 0. The number of carbonyl (C=O) groups excluding carboxylic acids is 1. The minimum absolute atomic E-state index is 0. The topological polar surface area (TPSA) is 77.4 Å². The molecule has 0 spiro atoms. The van der Waals surface area contributed by atoms with Crippen LogP contribution in [-0.4, -0.2) is 17.0 Å². The molecule has 0 heterocycles. The second-order valence-corrected chi connectivity index (χ2v) is 1.01. The minimum atomic E-state index is -1.08. The van der Waals surface area contributed by atoms with Gasteiger partial charge in [-0.25, -0.2) is 0 Å². The van der Waals surface area contributed by atoms with E-state index in [4.69, 9.17) is 19.8 Å². The molecule has 5 heteroatoms. The number of hydrogen-bond donors (Lipinski definition) is 1. The Bertz CT molecular complexity index is 70.6. The summed E-state index contributed by atoms with van der Waals surface area (Å²) in [5, 5.41) is 16.3. The molecule has 0 aliphatic rings. The first kappa shape index (κ1) is 15.9. The van der Waals surface area contributed by atoms with Gasteiger partial charge in [-0.3, -0.25) is 4.79 Å². The monoisotopic (exact) mass is 321 g/mol. The molecule has 0 saturated carbocycles. The van der Waals surface area contributed by atoms with E-state index in [0.717, 1.165) is 13.8 Å². The number of hydrogen-bond acceptors (Lipinski definition) is 3. The summed E-state index contributed by atoms with van der Waals surface area (Å²) in [7, 11) is 0. The summed E-state index contributed by atoms with van der Waals surface area (Å²) in [5.41, 5.74) is 0. The summed E-state index contributed by atoms with van der Waals surface area (Å²) in [6.45, 7) is 2.06. The quantitative estimate of drug-likeness (QED) is 0.572. The van der Waals surface area contributed by atoms with Gasteiger partial charge < -0.3 is 15.0 Å². The van der Waals surface area contributed by atoms with Crippen molar-refractivity contribution in [1.82, 2.24) is 0 Å². The van der Waals surface area contributed by atoms with Crippen molar-refractivity contribution in [1.29, 1.82) is 0 Å². The molecule has 0 aromatic carbocycles. The molecule has 0 atom stereocenters. The van der Waals surface area contributed by atoms with Gasteiger partial charge in [0.15, 0.2) is 0 Å². The SMILES string of the molecule is CC(=O)O.CC(=O)[O-].[Hg+]. The zero-order valence-electron chi connectivity index (χ0n) is 5.38. The van der Waals surface area contributed by atoms with Crippen molar-refractivity contribution in [2.24, 2.45) is 0 Å². The van der Waals surface area contributed by atoms with E-state index in [1.54, 1.807) is 0 Å². The molecule has 0 aliphatic heterocycles. The number of carbonyl (C=O) groups is 2. The standard InChI is InChI=1S/2C2H4O2.Hg/c2*1-2(3)4;/h2*1H3,(H,3,4);/q;;+1/p-1. The van der Waals surface area contributed by atoms with Crippen molar-refractivity contribution in [2.45, 2.75) is 13.8 Å². The zero-order chi connectivity index (χ0) is 7.15. The van der Waals surface area contributed by atoms with Crippen LogP contribution in [0.1, 0.15) is 13.8 Å². The largest absolute Gasteiger partial charge is 1.00 e. The summed E-state index contributed by atoms with van der Waals surface area (Å²) in [6, 6.07) is 0. The molecule has 0 bridgehead atoms. The molecular weight excluding hydrogens is 313 g/mol. The Hall–Kier alpha value is -0.125. The van der Waals surface area contributed by atoms with E-state index in [0.29, 0.717) is 0 Å². The molecule has 0 aromatic heterocycles. The Morgan fingerprint density at radius 2 is 1.33 bits per heavy atom. The number of aliphatic carboxylic acids is 2. The van der Waals surface area contributed by atoms with E-state index < -0.39 is 11.9 Å². The average Bonchev–Trinajstić information content (AvgIpc) is 1.25. The van der Waals surface area contributed by atoms with Gasteiger partial charge in [0, 0.05) is 12.9 Å². The van der Waals surface area contributed by atoms with Crippen LogP contribution in [0.3, 0.4) is 0 Å². The van der Waals surface area contributed by atoms with Crippen LogP contribution in [0.2, 0.25) is 0 Å². The maximum atomic E-state index is 9.00. The Morgan fingerprint density at radius 3 is 1.33 bits per heavy atom. The van der Waals surface area contributed by atoms with Crippen molar-refractivity contribution < 1.29 is 47.5 Å². The van der Waals surface area contributed by atoms with Gasteiger partial charge in [-0.2, -0.15) is 0 Å². The molecule has 9 heavy (non-hydrogen) atoms. The average molecular weight is 320 g/mol. The Morgan fingerprint density at radius 1 is 1.33 bits per heavy atom. The molecule has 0 amide bonds. The van der Waals surface area contributed by atoms with Crippen LogP contribution in [0.25, 0.3) is 0 Å². The molecule has 49 valence electrons. The van der Waals surface area contributed by atoms with Crippen LogP contribution in [0.15, 0.2) is 0 Å². The van der Waals surface area contributed by atoms with Crippen LogP contribution in [0.4, 0.5) is 0 Å². The van der Waals surface area contributed by atoms with E-state index in [1.807, 2.05) is 0 Å². The fraction of sp³-hybridized carbons (Fsp3) is 0.500. The van der Waals surface area contributed by atoms with E-state index in [9.17, 15) is 0 Å². The zero-order valence-corrected chi connectivity index (χ0v) is 10.9. The van der Waals surface area contributed by atoms with Crippen LogP contribution in [-0.2, 0) is 37.3 Å². The second kappa shape index (κ2) is 10.8. The van der Waals surface area contributed by atoms with Crippen molar-refractivity contribution in [3.63, 3.8) is 0 Å². The third kappa shape index (κ3) is 17400. The molecule has 0 aliphatic carbocycles. The van der Waals surface area contributed by atoms with Crippen LogP contribution >= 0.6 is 0 Å². The Labute approximate surface area is 73.4 Å². The first-order chi connectivity index (χ1) is 3.46. The van der Waals surface area contributed by atoms with Gasteiger partial charge in [0.1, 0.15) is 0 Å². The van der Waals surface area contributed by atoms with Gasteiger partial charge in [-0.1, -0.05) is 0 Å². The molecule has 0 saturated heterocycles. The molecule has 0 rings (SSSR count). The minimum Gasteiger partial charge on any atom is -0.550 e. The van der Waals surface area contributed by atoms with E-state index >= 15 is 0 Å². The molecular formula is C4H7HgO4. The predicted octanol–water partition coefficient (Wildman–Crippen LogP) is -1.16. The molecule has 0 unspecified atom stereocenters. The summed E-state index contributed by atoms with van der Waals surface area (Å²) in [6.07, 6.45) is 0. The molecule has 0 aromatic rings. The molecule has 1 N–H and O–H groups in total. The van der Waals surface area contributed by atoms with Crippen LogP contribution < -0.4 is 5.11 Å². The van der Waals surface area contributed by atoms with Gasteiger partial charge in [0.25, 0.3) is 5.97 Å². The maximum absolute atomic E-state index is 9.00. The molecule has 1 radical (unpaired) electrons. The normalized spacial score (nSPS) is 5.56. The van der Waals surface area contributed by atoms with Gasteiger partial charge in [0.05, 0.1) is 0 Å².